The Hall–Kier alpha value is -1.45. The van der Waals surface area contributed by atoms with Gasteiger partial charge in [-0.15, -0.1) is 0 Å². The second-order valence-electron chi connectivity index (χ2n) is 6.99. The first-order chi connectivity index (χ1) is 13.0. The number of nitrogens with zero attached hydrogens (tertiary/aromatic N) is 3. The monoisotopic (exact) mass is 427 g/mol. The highest BCUT2D eigenvalue weighted by Crippen LogP contribution is 2.56. The average molecular weight is 428 g/mol. The predicted octanol–water partition coefficient (Wildman–Crippen LogP) is 2.78. The Bertz CT molecular complexity index is 867. The maximum atomic E-state index is 8.36. The molecule has 1 aliphatic heterocycles. The van der Waals surface area contributed by atoms with Gasteiger partial charge in [-0.2, -0.15) is 0 Å². The van der Waals surface area contributed by atoms with Crippen molar-refractivity contribution in [3.63, 3.8) is 0 Å². The summed E-state index contributed by atoms with van der Waals surface area (Å²) >= 11 is 14.1. The Morgan fingerprint density at radius 1 is 1.30 bits per heavy atom. The van der Waals surface area contributed by atoms with Crippen molar-refractivity contribution in [3.8, 4) is 11.3 Å². The summed E-state index contributed by atoms with van der Waals surface area (Å²) in [7, 11) is 0. The van der Waals surface area contributed by atoms with Crippen LogP contribution in [0.25, 0.3) is 11.3 Å². The van der Waals surface area contributed by atoms with Gasteiger partial charge in [0.25, 0.3) is 6.47 Å². The summed E-state index contributed by atoms with van der Waals surface area (Å²) in [6.07, 6.45) is 4.28. The maximum Gasteiger partial charge on any atom is 0.290 e. The Balaban J connectivity index is 0.000000565. The van der Waals surface area contributed by atoms with Crippen molar-refractivity contribution >= 4 is 41.4 Å². The third kappa shape index (κ3) is 3.19. The quantitative estimate of drug-likeness (QED) is 0.498. The molecule has 3 unspecified atom stereocenters. The zero-order valence-corrected chi connectivity index (χ0v) is 16.5. The van der Waals surface area contributed by atoms with E-state index < -0.39 is 0 Å². The van der Waals surface area contributed by atoms with E-state index in [0.29, 0.717) is 33.8 Å². The molecule has 27 heavy (non-hydrogen) atoms. The molecule has 10 heteroatoms. The van der Waals surface area contributed by atoms with Crippen LogP contribution >= 0.6 is 35.0 Å². The predicted molar refractivity (Wildman–Crippen MR) is 106 cm³/mol. The van der Waals surface area contributed by atoms with Gasteiger partial charge in [0.05, 0.1) is 21.9 Å². The van der Waals surface area contributed by atoms with Gasteiger partial charge in [-0.1, -0.05) is 47.1 Å². The van der Waals surface area contributed by atoms with Gasteiger partial charge >= 0.3 is 0 Å². The molecule has 5 rings (SSSR count). The van der Waals surface area contributed by atoms with E-state index in [4.69, 9.17) is 49.7 Å². The lowest BCUT2D eigenvalue weighted by molar-refractivity contribution is -0.122. The highest BCUT2D eigenvalue weighted by molar-refractivity contribution is 8.00. The largest absolute Gasteiger partial charge is 0.483 e. The summed E-state index contributed by atoms with van der Waals surface area (Å²) in [5.41, 5.74) is 7.66. The molecule has 0 radical (unpaired) electrons. The highest BCUT2D eigenvalue weighted by Gasteiger charge is 2.56. The minimum absolute atomic E-state index is 0.233. The number of hydrogen-bond acceptors (Lipinski definition) is 6. The van der Waals surface area contributed by atoms with Crippen molar-refractivity contribution in [1.82, 2.24) is 9.66 Å². The summed E-state index contributed by atoms with van der Waals surface area (Å²) in [4.78, 5) is 13.1. The van der Waals surface area contributed by atoms with Gasteiger partial charge in [0.1, 0.15) is 5.37 Å². The Kier molecular flexibility index (Phi) is 5.02. The number of rotatable bonds is 2. The molecule has 0 bridgehead atoms. The normalized spacial score (nSPS) is 30.4. The highest BCUT2D eigenvalue weighted by atomic mass is 35.5. The SMILES string of the molecule is NC1[C@H]2CC(C3Sc4nc(-c5cccc(Cl)c5Cl)cn4N3N)C[C@@H]12.O=CO. The molecule has 144 valence electrons. The van der Waals surface area contributed by atoms with Crippen LogP contribution in [0.2, 0.25) is 10.0 Å². The first-order valence-electron chi connectivity index (χ1n) is 8.54. The average Bonchev–Trinajstić information content (AvgIpc) is 3.07. The Labute approximate surface area is 170 Å². The molecule has 5 N–H and O–H groups in total. The van der Waals surface area contributed by atoms with Crippen LogP contribution in [0.3, 0.4) is 0 Å². The number of aromatic nitrogens is 2. The van der Waals surface area contributed by atoms with Gasteiger partial charge < -0.3 is 10.8 Å². The lowest BCUT2D eigenvalue weighted by atomic mass is 10.0. The number of thioether (sulfide) groups is 1. The molecular weight excluding hydrogens is 409 g/mol. The van der Waals surface area contributed by atoms with Crippen LogP contribution in [0, 0.1) is 17.8 Å². The van der Waals surface area contributed by atoms with Crippen molar-refractivity contribution in [2.24, 2.45) is 29.3 Å². The number of carbonyl (C=O) groups is 1. The lowest BCUT2D eigenvalue weighted by Gasteiger charge is -2.27. The standard InChI is InChI=1S/C16H17Cl2N5S.CH2O2/c17-11-3-1-2-8(13(11)18)12-6-22-16(21-12)24-15(23(22)20)7-4-9-10(5-7)14(9)19;2-1-3/h1-3,6-7,9-10,14-15H,4-5,19-20H2;1H,(H,2,3)/t7?,9-,10+,14?,15?;. The second kappa shape index (κ2) is 7.18. The molecule has 2 aromatic rings. The molecule has 0 amide bonds. The third-order valence-corrected chi connectivity index (χ3v) is 7.72. The van der Waals surface area contributed by atoms with Gasteiger partial charge in [-0.05, 0) is 36.7 Å². The van der Waals surface area contributed by atoms with Crippen LogP contribution in [0.5, 0.6) is 0 Å². The van der Waals surface area contributed by atoms with Gasteiger partial charge in [0, 0.05) is 11.6 Å². The van der Waals surface area contributed by atoms with E-state index in [0.717, 1.165) is 16.4 Å². The molecule has 7 nitrogen and oxygen atoms in total. The van der Waals surface area contributed by atoms with Crippen molar-refractivity contribution in [2.75, 3.05) is 5.12 Å². The smallest absolute Gasteiger partial charge is 0.290 e. The van der Waals surface area contributed by atoms with E-state index in [1.165, 1.54) is 12.8 Å². The van der Waals surface area contributed by atoms with Gasteiger partial charge in [-0.3, -0.25) is 4.79 Å². The first kappa shape index (κ1) is 18.9. The molecule has 2 aliphatic carbocycles. The Morgan fingerprint density at radius 2 is 1.96 bits per heavy atom. The maximum absolute atomic E-state index is 8.36. The van der Waals surface area contributed by atoms with E-state index in [2.05, 4.69) is 0 Å². The molecule has 1 aromatic carbocycles. The molecule has 0 spiro atoms. The van der Waals surface area contributed by atoms with E-state index in [-0.39, 0.29) is 11.8 Å². The lowest BCUT2D eigenvalue weighted by Crippen LogP contribution is -2.47. The molecule has 2 heterocycles. The van der Waals surface area contributed by atoms with Crippen LogP contribution in [0.1, 0.15) is 12.8 Å². The number of benzene rings is 1. The zero-order chi connectivity index (χ0) is 19.3. The van der Waals surface area contributed by atoms with E-state index in [1.54, 1.807) is 22.9 Å². The van der Waals surface area contributed by atoms with Crippen molar-refractivity contribution in [1.29, 1.82) is 0 Å². The fraction of sp³-hybridized carbons (Fsp3) is 0.412. The molecule has 2 saturated carbocycles. The number of halogens is 2. The molecule has 5 atom stereocenters. The van der Waals surface area contributed by atoms with Crippen LogP contribution < -0.4 is 16.7 Å². The van der Waals surface area contributed by atoms with Crippen LogP contribution in [-0.4, -0.2) is 32.7 Å². The molecule has 2 fully saturated rings. The first-order valence-corrected chi connectivity index (χ1v) is 10.2. The summed E-state index contributed by atoms with van der Waals surface area (Å²) < 4.78 is 1.92. The fourth-order valence-corrected chi connectivity index (χ4v) is 5.84. The minimum atomic E-state index is -0.250. The van der Waals surface area contributed by atoms with E-state index >= 15 is 0 Å². The molecule has 3 aliphatic rings. The number of fused-ring (bicyclic) bond motifs is 2. The number of nitrogens with two attached hydrogens (primary N) is 2. The van der Waals surface area contributed by atoms with Crippen molar-refractivity contribution < 1.29 is 9.90 Å². The second-order valence-corrected chi connectivity index (χ2v) is 8.85. The van der Waals surface area contributed by atoms with Crippen LogP contribution in [-0.2, 0) is 4.79 Å². The summed E-state index contributed by atoms with van der Waals surface area (Å²) in [5.74, 6) is 8.36. The number of imidazole rings is 1. The Morgan fingerprint density at radius 3 is 2.59 bits per heavy atom. The van der Waals surface area contributed by atoms with Gasteiger partial charge in [0.15, 0.2) is 5.16 Å². The fourth-order valence-electron chi connectivity index (χ4n) is 4.19. The summed E-state index contributed by atoms with van der Waals surface area (Å²) in [5, 5.41) is 10.9. The zero-order valence-electron chi connectivity index (χ0n) is 14.2. The number of hydrogen-bond donors (Lipinski definition) is 3. The molecule has 1 aromatic heterocycles. The molecule has 0 saturated heterocycles. The number of hydrazine groups is 1. The van der Waals surface area contributed by atoms with Crippen molar-refractivity contribution in [3.05, 3.63) is 34.4 Å². The third-order valence-electron chi connectivity index (χ3n) is 5.57. The van der Waals surface area contributed by atoms with E-state index in [9.17, 15) is 0 Å². The number of carboxylic acid groups (broad SMARTS) is 1. The van der Waals surface area contributed by atoms with Crippen LogP contribution in [0.4, 0.5) is 0 Å². The van der Waals surface area contributed by atoms with Gasteiger partial charge in [-0.25, -0.2) is 20.6 Å². The van der Waals surface area contributed by atoms with Crippen molar-refractivity contribution in [2.45, 2.75) is 29.4 Å². The van der Waals surface area contributed by atoms with Gasteiger partial charge in [0.2, 0.25) is 0 Å². The van der Waals surface area contributed by atoms with E-state index in [1.807, 2.05) is 23.0 Å². The minimum Gasteiger partial charge on any atom is -0.483 e. The topological polar surface area (TPSA) is 110 Å². The summed E-state index contributed by atoms with van der Waals surface area (Å²) in [6.45, 7) is -0.250. The molecular formula is C17H19Cl2N5O2S. The summed E-state index contributed by atoms with van der Waals surface area (Å²) in [6, 6.07) is 5.99. The van der Waals surface area contributed by atoms with Crippen LogP contribution in [0.15, 0.2) is 29.6 Å².